The molecule has 0 amide bonds. The van der Waals surface area contributed by atoms with Crippen LogP contribution in [0, 0.1) is 5.92 Å². The number of carbonyl (C=O) groups is 1. The standard InChI is InChI=1S/C12H19NO2/c1-2-3-11-10(14)6-12(15-11)8-13-5-4-9(12)7-13/h9,11H,2-8H2,1H3/t9?,11-,12-/m0/s1. The first kappa shape index (κ1) is 9.79. The monoisotopic (exact) mass is 209 g/mol. The number of hydrogen-bond donors (Lipinski definition) is 0. The third kappa shape index (κ3) is 1.36. The second-order valence-corrected chi connectivity index (χ2v) is 5.32. The largest absolute Gasteiger partial charge is 0.362 e. The Bertz CT molecular complexity index is 291. The predicted octanol–water partition coefficient (Wildman–Crippen LogP) is 1.22. The number of nitrogens with zero attached hydrogens (tertiary/aromatic N) is 1. The molecule has 3 heterocycles. The van der Waals surface area contributed by atoms with Crippen LogP contribution in [0.3, 0.4) is 0 Å². The fraction of sp³-hybridized carbons (Fsp3) is 0.917. The van der Waals surface area contributed by atoms with Gasteiger partial charge in [-0.1, -0.05) is 13.3 Å². The Kier molecular flexibility index (Phi) is 2.15. The van der Waals surface area contributed by atoms with Crippen LogP contribution in [0.1, 0.15) is 32.6 Å². The average Bonchev–Trinajstić information content (AvgIpc) is 2.83. The molecule has 2 bridgehead atoms. The summed E-state index contributed by atoms with van der Waals surface area (Å²) in [5.41, 5.74) is -0.0742. The topological polar surface area (TPSA) is 29.5 Å². The predicted molar refractivity (Wildman–Crippen MR) is 56.7 cm³/mol. The molecule has 3 nitrogen and oxygen atoms in total. The first-order valence-corrected chi connectivity index (χ1v) is 6.16. The third-order valence-corrected chi connectivity index (χ3v) is 4.27. The van der Waals surface area contributed by atoms with Crippen molar-refractivity contribution in [3.05, 3.63) is 0 Å². The van der Waals surface area contributed by atoms with Gasteiger partial charge < -0.3 is 9.64 Å². The molecule has 3 saturated heterocycles. The molecular weight excluding hydrogens is 190 g/mol. The molecule has 0 N–H and O–H groups in total. The lowest BCUT2D eigenvalue weighted by Gasteiger charge is -2.32. The summed E-state index contributed by atoms with van der Waals surface area (Å²) in [5.74, 6) is 0.980. The summed E-state index contributed by atoms with van der Waals surface area (Å²) < 4.78 is 6.11. The minimum absolute atomic E-state index is 0.0742. The fourth-order valence-electron chi connectivity index (χ4n) is 3.53. The number of ether oxygens (including phenoxy) is 1. The lowest BCUT2D eigenvalue weighted by Crippen LogP contribution is -2.42. The lowest BCUT2D eigenvalue weighted by atomic mass is 9.85. The van der Waals surface area contributed by atoms with E-state index >= 15 is 0 Å². The maximum absolute atomic E-state index is 11.9. The molecule has 0 radical (unpaired) electrons. The van der Waals surface area contributed by atoms with E-state index in [2.05, 4.69) is 11.8 Å². The molecule has 1 spiro atoms. The van der Waals surface area contributed by atoms with Gasteiger partial charge in [0.15, 0.2) is 5.78 Å². The second kappa shape index (κ2) is 3.29. The maximum Gasteiger partial charge on any atom is 0.164 e. The van der Waals surface area contributed by atoms with Crippen molar-refractivity contribution in [1.29, 1.82) is 0 Å². The molecule has 84 valence electrons. The SMILES string of the molecule is CCC[C@@H]1O[C@@]2(CC1=O)CN1CCC2C1. The van der Waals surface area contributed by atoms with Crippen LogP contribution < -0.4 is 0 Å². The second-order valence-electron chi connectivity index (χ2n) is 5.32. The van der Waals surface area contributed by atoms with Crippen molar-refractivity contribution in [3.8, 4) is 0 Å². The van der Waals surface area contributed by atoms with E-state index in [1.165, 1.54) is 13.0 Å². The summed E-state index contributed by atoms with van der Waals surface area (Å²) in [7, 11) is 0. The summed E-state index contributed by atoms with van der Waals surface area (Å²) in [6.45, 7) is 5.49. The van der Waals surface area contributed by atoms with Crippen molar-refractivity contribution >= 4 is 5.78 Å². The molecule has 3 aliphatic rings. The van der Waals surface area contributed by atoms with Crippen molar-refractivity contribution in [2.45, 2.75) is 44.3 Å². The van der Waals surface area contributed by atoms with Crippen molar-refractivity contribution in [3.63, 3.8) is 0 Å². The zero-order chi connectivity index (χ0) is 10.5. The van der Waals surface area contributed by atoms with Crippen molar-refractivity contribution in [2.75, 3.05) is 19.6 Å². The highest BCUT2D eigenvalue weighted by atomic mass is 16.5. The Balaban J connectivity index is 1.77. The van der Waals surface area contributed by atoms with E-state index in [0.717, 1.165) is 25.9 Å². The highest BCUT2D eigenvalue weighted by Crippen LogP contribution is 2.46. The zero-order valence-corrected chi connectivity index (χ0v) is 9.37. The summed E-state index contributed by atoms with van der Waals surface area (Å²) in [5, 5.41) is 0. The zero-order valence-electron chi connectivity index (χ0n) is 9.37. The molecule has 0 aromatic rings. The van der Waals surface area contributed by atoms with Gasteiger partial charge in [-0.25, -0.2) is 0 Å². The number of carbonyl (C=O) groups excluding carboxylic acids is 1. The molecule has 3 aliphatic heterocycles. The van der Waals surface area contributed by atoms with Crippen molar-refractivity contribution < 1.29 is 9.53 Å². The normalized spacial score (nSPS) is 48.3. The van der Waals surface area contributed by atoms with Gasteiger partial charge in [0.25, 0.3) is 0 Å². The molecule has 0 aromatic heterocycles. The number of fused-ring (bicyclic) bond motifs is 3. The lowest BCUT2D eigenvalue weighted by molar-refractivity contribution is -0.124. The van der Waals surface area contributed by atoms with Crippen LogP contribution in [0.5, 0.6) is 0 Å². The van der Waals surface area contributed by atoms with Crippen LogP contribution in [-0.4, -0.2) is 42.0 Å². The number of ketones is 1. The molecule has 15 heavy (non-hydrogen) atoms. The van der Waals surface area contributed by atoms with Gasteiger partial charge in [0, 0.05) is 25.4 Å². The van der Waals surface area contributed by atoms with Gasteiger partial charge in [0.05, 0.1) is 5.60 Å². The first-order valence-electron chi connectivity index (χ1n) is 6.16. The average molecular weight is 209 g/mol. The molecule has 2 unspecified atom stereocenters. The van der Waals surface area contributed by atoms with Gasteiger partial charge in [-0.2, -0.15) is 0 Å². The van der Waals surface area contributed by atoms with Crippen LogP contribution >= 0.6 is 0 Å². The van der Waals surface area contributed by atoms with Crippen molar-refractivity contribution in [2.24, 2.45) is 5.92 Å². The minimum atomic E-state index is -0.0875. The number of Topliss-reactive ketones (excluding diaryl/α,β-unsaturated/α-hetero) is 1. The number of piperidine rings is 1. The quantitative estimate of drug-likeness (QED) is 0.685. The molecule has 3 fully saturated rings. The Morgan fingerprint density at radius 3 is 3.07 bits per heavy atom. The van der Waals surface area contributed by atoms with Gasteiger partial charge >= 0.3 is 0 Å². The summed E-state index contributed by atoms with van der Waals surface area (Å²) in [6, 6.07) is 0. The Morgan fingerprint density at radius 2 is 2.47 bits per heavy atom. The van der Waals surface area contributed by atoms with E-state index in [0.29, 0.717) is 18.1 Å². The van der Waals surface area contributed by atoms with E-state index in [-0.39, 0.29) is 11.7 Å². The molecule has 0 aliphatic carbocycles. The third-order valence-electron chi connectivity index (χ3n) is 4.27. The molecule has 0 aromatic carbocycles. The summed E-state index contributed by atoms with van der Waals surface area (Å²) >= 11 is 0. The molecule has 3 heteroatoms. The van der Waals surface area contributed by atoms with Crippen LogP contribution in [-0.2, 0) is 9.53 Å². The molecular formula is C12H19NO2. The first-order chi connectivity index (χ1) is 7.23. The van der Waals surface area contributed by atoms with E-state index in [9.17, 15) is 4.79 Å². The smallest absolute Gasteiger partial charge is 0.164 e. The highest BCUT2D eigenvalue weighted by Gasteiger charge is 2.57. The number of rotatable bonds is 2. The highest BCUT2D eigenvalue weighted by molar-refractivity contribution is 5.86. The Labute approximate surface area is 90.8 Å². The van der Waals surface area contributed by atoms with Crippen LogP contribution in [0.25, 0.3) is 0 Å². The van der Waals surface area contributed by atoms with E-state index in [1.807, 2.05) is 0 Å². The molecule has 0 saturated carbocycles. The van der Waals surface area contributed by atoms with Gasteiger partial charge in [0.2, 0.25) is 0 Å². The van der Waals surface area contributed by atoms with Gasteiger partial charge in [-0.3, -0.25) is 4.79 Å². The van der Waals surface area contributed by atoms with Crippen LogP contribution in [0.15, 0.2) is 0 Å². The fourth-order valence-corrected chi connectivity index (χ4v) is 3.53. The summed E-state index contributed by atoms with van der Waals surface area (Å²) in [4.78, 5) is 14.3. The van der Waals surface area contributed by atoms with E-state index in [4.69, 9.17) is 4.74 Å². The van der Waals surface area contributed by atoms with E-state index < -0.39 is 0 Å². The van der Waals surface area contributed by atoms with Crippen LogP contribution in [0.4, 0.5) is 0 Å². The maximum atomic E-state index is 11.9. The summed E-state index contributed by atoms with van der Waals surface area (Å²) in [6.07, 6.45) is 3.77. The van der Waals surface area contributed by atoms with Gasteiger partial charge in [-0.15, -0.1) is 0 Å². The van der Waals surface area contributed by atoms with E-state index in [1.54, 1.807) is 0 Å². The Hall–Kier alpha value is -0.410. The van der Waals surface area contributed by atoms with Gasteiger partial charge in [-0.05, 0) is 19.4 Å². The number of hydrogen-bond acceptors (Lipinski definition) is 3. The Morgan fingerprint density at radius 1 is 1.60 bits per heavy atom. The van der Waals surface area contributed by atoms with Gasteiger partial charge in [0.1, 0.15) is 6.10 Å². The molecule has 3 rings (SSSR count). The molecule has 4 atom stereocenters. The van der Waals surface area contributed by atoms with Crippen LogP contribution in [0.2, 0.25) is 0 Å². The minimum Gasteiger partial charge on any atom is -0.362 e. The van der Waals surface area contributed by atoms with Crippen molar-refractivity contribution in [1.82, 2.24) is 4.90 Å².